The average molecular weight is 422 g/mol. The van der Waals surface area contributed by atoms with Crippen molar-refractivity contribution in [1.29, 1.82) is 0 Å². The Labute approximate surface area is 184 Å². The third-order valence-corrected chi connectivity index (χ3v) is 5.61. The minimum atomic E-state index is -0.561. The molecule has 5 nitrogen and oxygen atoms in total. The van der Waals surface area contributed by atoms with E-state index in [9.17, 15) is 9.59 Å². The van der Waals surface area contributed by atoms with Crippen molar-refractivity contribution in [3.63, 3.8) is 0 Å². The molecule has 1 aliphatic rings. The Morgan fingerprint density at radius 2 is 1.84 bits per heavy atom. The first-order chi connectivity index (χ1) is 15.0. The van der Waals surface area contributed by atoms with E-state index in [-0.39, 0.29) is 11.6 Å². The maximum absolute atomic E-state index is 12.3. The van der Waals surface area contributed by atoms with Crippen LogP contribution in [0.5, 0.6) is 5.75 Å². The molecule has 1 amide bonds. The van der Waals surface area contributed by atoms with Crippen molar-refractivity contribution < 1.29 is 19.1 Å². The molecular formula is C26H31NO4. The standard InChI is InChI=1S/C26H31NO4/c1-19-6-5-9-22(16-19)18-31-23-13-10-21(11-14-23)17-24(26(29)30-2)27-25(28)15-12-20-7-3-4-8-20/h5-6,9-11,13-14,16-17,20H,3-4,7-8,12,15,18H2,1-2H3,(H,27,28)/b24-17-. The van der Waals surface area contributed by atoms with E-state index in [0.717, 1.165) is 23.3 Å². The highest BCUT2D eigenvalue weighted by Gasteiger charge is 2.18. The normalized spacial score (nSPS) is 14.3. The van der Waals surface area contributed by atoms with Crippen molar-refractivity contribution in [2.75, 3.05) is 7.11 Å². The van der Waals surface area contributed by atoms with Gasteiger partial charge < -0.3 is 14.8 Å². The summed E-state index contributed by atoms with van der Waals surface area (Å²) in [5.41, 5.74) is 3.23. The molecule has 0 atom stereocenters. The molecule has 2 aromatic rings. The van der Waals surface area contributed by atoms with Crippen LogP contribution < -0.4 is 10.1 Å². The predicted molar refractivity (Wildman–Crippen MR) is 121 cm³/mol. The van der Waals surface area contributed by atoms with E-state index in [1.54, 1.807) is 6.08 Å². The highest BCUT2D eigenvalue weighted by molar-refractivity contribution is 5.97. The van der Waals surface area contributed by atoms with E-state index < -0.39 is 5.97 Å². The fourth-order valence-corrected chi connectivity index (χ4v) is 3.90. The Bertz CT molecular complexity index is 911. The largest absolute Gasteiger partial charge is 0.489 e. The van der Waals surface area contributed by atoms with Crippen molar-refractivity contribution in [2.45, 2.75) is 52.1 Å². The minimum absolute atomic E-state index is 0.146. The summed E-state index contributed by atoms with van der Waals surface area (Å²) in [5.74, 6) is 0.651. The van der Waals surface area contributed by atoms with Crippen LogP contribution in [0, 0.1) is 12.8 Å². The Balaban J connectivity index is 1.58. The molecule has 0 bridgehead atoms. The molecule has 5 heteroatoms. The van der Waals surface area contributed by atoms with Gasteiger partial charge in [-0.3, -0.25) is 4.79 Å². The number of hydrogen-bond acceptors (Lipinski definition) is 4. The first kappa shape index (κ1) is 22.6. The number of amides is 1. The number of nitrogens with one attached hydrogen (secondary N) is 1. The van der Waals surface area contributed by atoms with Crippen molar-refractivity contribution >= 4 is 18.0 Å². The molecule has 0 radical (unpaired) electrons. The van der Waals surface area contributed by atoms with Crippen LogP contribution in [0.1, 0.15) is 55.2 Å². The Morgan fingerprint density at radius 1 is 1.10 bits per heavy atom. The third-order valence-electron chi connectivity index (χ3n) is 5.61. The molecule has 0 aliphatic heterocycles. The van der Waals surface area contributed by atoms with Gasteiger partial charge in [-0.05, 0) is 48.6 Å². The molecule has 0 unspecified atom stereocenters. The molecule has 0 spiro atoms. The number of carbonyl (C=O) groups is 2. The molecule has 31 heavy (non-hydrogen) atoms. The maximum atomic E-state index is 12.3. The quantitative estimate of drug-likeness (QED) is 0.448. The Morgan fingerprint density at radius 3 is 2.52 bits per heavy atom. The molecule has 1 saturated carbocycles. The SMILES string of the molecule is COC(=O)/C(=C/c1ccc(OCc2cccc(C)c2)cc1)NC(=O)CCC1CCCC1. The van der Waals surface area contributed by atoms with E-state index in [1.807, 2.05) is 36.4 Å². The fraction of sp³-hybridized carbons (Fsp3) is 0.385. The Hall–Kier alpha value is -3.08. The van der Waals surface area contributed by atoms with Crippen LogP contribution in [0.2, 0.25) is 0 Å². The van der Waals surface area contributed by atoms with Crippen molar-refractivity contribution in [3.05, 3.63) is 70.9 Å². The van der Waals surface area contributed by atoms with E-state index in [2.05, 4.69) is 24.4 Å². The summed E-state index contributed by atoms with van der Waals surface area (Å²) in [6.45, 7) is 2.54. The van der Waals surface area contributed by atoms with Gasteiger partial charge in [-0.1, -0.05) is 67.6 Å². The van der Waals surface area contributed by atoms with Crippen LogP contribution in [0.4, 0.5) is 0 Å². The summed E-state index contributed by atoms with van der Waals surface area (Å²) in [4.78, 5) is 24.5. The van der Waals surface area contributed by atoms with Gasteiger partial charge in [0.15, 0.2) is 0 Å². The number of rotatable bonds is 9. The zero-order valence-electron chi connectivity index (χ0n) is 18.4. The second-order valence-corrected chi connectivity index (χ2v) is 8.13. The molecule has 1 aliphatic carbocycles. The van der Waals surface area contributed by atoms with Gasteiger partial charge in [0.25, 0.3) is 0 Å². The Kier molecular flexibility index (Phi) is 8.27. The van der Waals surface area contributed by atoms with E-state index in [1.165, 1.54) is 38.4 Å². The molecule has 1 N–H and O–H groups in total. The number of carbonyl (C=O) groups excluding carboxylic acids is 2. The summed E-state index contributed by atoms with van der Waals surface area (Å²) < 4.78 is 10.7. The van der Waals surface area contributed by atoms with Gasteiger partial charge in [0, 0.05) is 6.42 Å². The lowest BCUT2D eigenvalue weighted by atomic mass is 10.0. The van der Waals surface area contributed by atoms with Crippen LogP contribution >= 0.6 is 0 Å². The summed E-state index contributed by atoms with van der Waals surface area (Å²) in [7, 11) is 1.31. The molecule has 164 valence electrons. The number of benzene rings is 2. The third kappa shape index (κ3) is 7.28. The van der Waals surface area contributed by atoms with Gasteiger partial charge in [-0.15, -0.1) is 0 Å². The first-order valence-electron chi connectivity index (χ1n) is 10.9. The lowest BCUT2D eigenvalue weighted by Crippen LogP contribution is -2.28. The smallest absolute Gasteiger partial charge is 0.354 e. The van der Waals surface area contributed by atoms with Gasteiger partial charge in [0.1, 0.15) is 18.1 Å². The summed E-state index contributed by atoms with van der Waals surface area (Å²) in [6, 6.07) is 15.6. The molecular weight excluding hydrogens is 390 g/mol. The molecule has 0 aromatic heterocycles. The van der Waals surface area contributed by atoms with Crippen LogP contribution in [0.15, 0.2) is 54.2 Å². The lowest BCUT2D eigenvalue weighted by Gasteiger charge is -2.11. The van der Waals surface area contributed by atoms with Crippen LogP contribution in [-0.4, -0.2) is 19.0 Å². The van der Waals surface area contributed by atoms with Gasteiger partial charge in [-0.25, -0.2) is 4.79 Å². The second-order valence-electron chi connectivity index (χ2n) is 8.13. The highest BCUT2D eigenvalue weighted by Crippen LogP contribution is 2.28. The first-order valence-corrected chi connectivity index (χ1v) is 10.9. The molecule has 0 heterocycles. The van der Waals surface area contributed by atoms with Crippen molar-refractivity contribution in [3.8, 4) is 5.75 Å². The zero-order chi connectivity index (χ0) is 22.1. The monoisotopic (exact) mass is 421 g/mol. The minimum Gasteiger partial charge on any atom is -0.489 e. The maximum Gasteiger partial charge on any atom is 0.354 e. The summed E-state index contributed by atoms with van der Waals surface area (Å²) >= 11 is 0. The van der Waals surface area contributed by atoms with E-state index >= 15 is 0 Å². The van der Waals surface area contributed by atoms with Crippen LogP contribution in [0.25, 0.3) is 6.08 Å². The number of esters is 1. The van der Waals surface area contributed by atoms with E-state index in [4.69, 9.17) is 9.47 Å². The number of methoxy groups -OCH3 is 1. The van der Waals surface area contributed by atoms with Crippen molar-refractivity contribution in [2.24, 2.45) is 5.92 Å². The number of aryl methyl sites for hydroxylation is 1. The highest BCUT2D eigenvalue weighted by atomic mass is 16.5. The topological polar surface area (TPSA) is 64.6 Å². The molecule has 1 fully saturated rings. The predicted octanol–water partition coefficient (Wildman–Crippen LogP) is 5.17. The van der Waals surface area contributed by atoms with Gasteiger partial charge >= 0.3 is 5.97 Å². The van der Waals surface area contributed by atoms with Crippen LogP contribution in [-0.2, 0) is 20.9 Å². The summed E-state index contributed by atoms with van der Waals surface area (Å²) in [6.07, 6.45) is 7.83. The van der Waals surface area contributed by atoms with Crippen molar-refractivity contribution in [1.82, 2.24) is 5.32 Å². The molecule has 3 rings (SSSR count). The molecule has 0 saturated heterocycles. The zero-order valence-corrected chi connectivity index (χ0v) is 18.4. The number of ether oxygens (including phenoxy) is 2. The lowest BCUT2D eigenvalue weighted by molar-refractivity contribution is -0.137. The van der Waals surface area contributed by atoms with Gasteiger partial charge in [0.05, 0.1) is 7.11 Å². The van der Waals surface area contributed by atoms with Gasteiger partial charge in [0.2, 0.25) is 5.91 Å². The van der Waals surface area contributed by atoms with Gasteiger partial charge in [-0.2, -0.15) is 0 Å². The molecule has 2 aromatic carbocycles. The fourth-order valence-electron chi connectivity index (χ4n) is 3.90. The summed E-state index contributed by atoms with van der Waals surface area (Å²) in [5, 5.41) is 2.72. The van der Waals surface area contributed by atoms with E-state index in [0.29, 0.717) is 18.9 Å². The average Bonchev–Trinajstić information content (AvgIpc) is 3.30. The van der Waals surface area contributed by atoms with Crippen LogP contribution in [0.3, 0.4) is 0 Å². The second kappa shape index (κ2) is 11.3. The number of hydrogen-bond donors (Lipinski definition) is 1.